The van der Waals surface area contributed by atoms with Crippen molar-refractivity contribution in [3.63, 3.8) is 0 Å². The molecule has 2 aromatic heterocycles. The monoisotopic (exact) mass is 374 g/mol. The lowest BCUT2D eigenvalue weighted by atomic mass is 10.2. The minimum atomic E-state index is -0.316. The molecule has 10 heteroatoms. The van der Waals surface area contributed by atoms with Gasteiger partial charge in [0.1, 0.15) is 18.7 Å². The predicted octanol–water partition coefficient (Wildman–Crippen LogP) is 1.01. The topological polar surface area (TPSA) is 84.2 Å². The van der Waals surface area contributed by atoms with Crippen molar-refractivity contribution in [2.24, 2.45) is 0 Å². The fraction of sp³-hybridized carbons (Fsp3) is 0.312. The molecular weight excluding hydrogens is 359 g/mol. The average molecular weight is 374 g/mol. The number of fused-ring (bicyclic) bond motifs is 1. The van der Waals surface area contributed by atoms with Gasteiger partial charge in [-0.25, -0.2) is 9.07 Å². The molecule has 26 heavy (non-hydrogen) atoms. The van der Waals surface area contributed by atoms with Crippen molar-refractivity contribution in [3.8, 4) is 0 Å². The highest BCUT2D eigenvalue weighted by molar-refractivity contribution is 7.20. The lowest BCUT2D eigenvalue weighted by Gasteiger charge is -2.34. The third-order valence-corrected chi connectivity index (χ3v) is 5.40. The summed E-state index contributed by atoms with van der Waals surface area (Å²) in [5, 5.41) is 11.4. The Morgan fingerprint density at radius 2 is 1.88 bits per heavy atom. The maximum absolute atomic E-state index is 13.3. The van der Waals surface area contributed by atoms with Crippen molar-refractivity contribution in [1.29, 1.82) is 0 Å². The SMILES string of the molecule is O=C(Cn1cnnn1)N1CCN(C(=O)c2cc3cc(F)ccc3s2)CC1. The van der Waals surface area contributed by atoms with Gasteiger partial charge in [0.05, 0.1) is 4.88 Å². The van der Waals surface area contributed by atoms with Crippen LogP contribution in [0.1, 0.15) is 9.67 Å². The van der Waals surface area contributed by atoms with Gasteiger partial charge in [-0.05, 0) is 40.1 Å². The fourth-order valence-electron chi connectivity index (χ4n) is 2.93. The molecule has 1 aliphatic rings. The maximum Gasteiger partial charge on any atom is 0.264 e. The molecule has 0 N–H and O–H groups in total. The largest absolute Gasteiger partial charge is 0.338 e. The molecule has 1 aromatic carbocycles. The number of halogens is 1. The van der Waals surface area contributed by atoms with Gasteiger partial charge < -0.3 is 9.80 Å². The van der Waals surface area contributed by atoms with E-state index in [1.807, 2.05) is 0 Å². The third kappa shape index (κ3) is 3.27. The maximum atomic E-state index is 13.3. The van der Waals surface area contributed by atoms with E-state index in [-0.39, 0.29) is 24.2 Å². The Hall–Kier alpha value is -2.88. The predicted molar refractivity (Wildman–Crippen MR) is 92.1 cm³/mol. The standard InChI is InChI=1S/C16H15FN6O2S/c17-12-1-2-13-11(7-12)8-14(26-13)16(25)22-5-3-21(4-6-22)15(24)9-23-10-18-19-20-23/h1-2,7-8,10H,3-6,9H2. The number of tetrazole rings is 1. The summed E-state index contributed by atoms with van der Waals surface area (Å²) in [5.74, 6) is -0.482. The molecular formula is C16H15FN6O2S. The Kier molecular flexibility index (Phi) is 4.33. The van der Waals surface area contributed by atoms with E-state index in [4.69, 9.17) is 0 Å². The number of carbonyl (C=O) groups excluding carboxylic acids is 2. The molecule has 0 spiro atoms. The summed E-state index contributed by atoms with van der Waals surface area (Å²) in [6, 6.07) is 6.22. The summed E-state index contributed by atoms with van der Waals surface area (Å²) in [6.45, 7) is 1.94. The molecule has 2 amide bonds. The zero-order valence-electron chi connectivity index (χ0n) is 13.7. The summed E-state index contributed by atoms with van der Waals surface area (Å²) >= 11 is 1.35. The number of piperazine rings is 1. The molecule has 1 fully saturated rings. The van der Waals surface area contributed by atoms with E-state index in [1.165, 1.54) is 34.5 Å². The molecule has 3 aromatic rings. The molecule has 4 rings (SSSR count). The molecule has 0 saturated carbocycles. The molecule has 0 atom stereocenters. The molecule has 0 unspecified atom stereocenters. The molecule has 0 aliphatic carbocycles. The van der Waals surface area contributed by atoms with E-state index >= 15 is 0 Å². The Balaban J connectivity index is 1.39. The van der Waals surface area contributed by atoms with Crippen LogP contribution in [0.2, 0.25) is 0 Å². The minimum absolute atomic E-state index is 0.0817. The second-order valence-corrected chi connectivity index (χ2v) is 7.06. The Labute approximate surface area is 151 Å². The quantitative estimate of drug-likeness (QED) is 0.683. The summed E-state index contributed by atoms with van der Waals surface area (Å²) in [5.41, 5.74) is 0. The number of thiophene rings is 1. The summed E-state index contributed by atoms with van der Waals surface area (Å²) in [4.78, 5) is 28.9. The van der Waals surface area contributed by atoms with Crippen LogP contribution < -0.4 is 0 Å². The number of aromatic nitrogens is 4. The van der Waals surface area contributed by atoms with E-state index < -0.39 is 0 Å². The van der Waals surface area contributed by atoms with Crippen LogP contribution in [0.5, 0.6) is 0 Å². The number of amides is 2. The number of nitrogens with zero attached hydrogens (tertiary/aromatic N) is 6. The van der Waals surface area contributed by atoms with Gasteiger partial charge in [0.25, 0.3) is 5.91 Å². The van der Waals surface area contributed by atoms with Gasteiger partial charge in [0, 0.05) is 30.9 Å². The lowest BCUT2D eigenvalue weighted by molar-refractivity contribution is -0.133. The van der Waals surface area contributed by atoms with E-state index in [1.54, 1.807) is 21.9 Å². The number of hydrogen-bond donors (Lipinski definition) is 0. The third-order valence-electron chi connectivity index (χ3n) is 4.30. The van der Waals surface area contributed by atoms with Crippen molar-refractivity contribution >= 4 is 33.2 Å². The first-order valence-corrected chi connectivity index (χ1v) is 8.89. The summed E-state index contributed by atoms with van der Waals surface area (Å²) in [7, 11) is 0. The lowest BCUT2D eigenvalue weighted by Crippen LogP contribution is -2.51. The highest BCUT2D eigenvalue weighted by atomic mass is 32.1. The van der Waals surface area contributed by atoms with Crippen LogP contribution in [0.25, 0.3) is 10.1 Å². The van der Waals surface area contributed by atoms with Crippen molar-refractivity contribution < 1.29 is 14.0 Å². The Morgan fingerprint density at radius 3 is 2.62 bits per heavy atom. The first kappa shape index (κ1) is 16.6. The highest BCUT2D eigenvalue weighted by Gasteiger charge is 2.26. The van der Waals surface area contributed by atoms with Gasteiger partial charge in [-0.3, -0.25) is 9.59 Å². The second-order valence-electron chi connectivity index (χ2n) is 5.97. The molecule has 0 radical (unpaired) electrons. The van der Waals surface area contributed by atoms with Gasteiger partial charge in [-0.15, -0.1) is 16.4 Å². The van der Waals surface area contributed by atoms with Gasteiger partial charge in [-0.1, -0.05) is 0 Å². The van der Waals surface area contributed by atoms with Gasteiger partial charge in [0.15, 0.2) is 0 Å². The van der Waals surface area contributed by atoms with E-state index in [2.05, 4.69) is 15.5 Å². The second kappa shape index (κ2) is 6.79. The number of rotatable bonds is 3. The molecule has 8 nitrogen and oxygen atoms in total. The zero-order chi connectivity index (χ0) is 18.1. The first-order valence-electron chi connectivity index (χ1n) is 8.07. The molecule has 134 valence electrons. The summed E-state index contributed by atoms with van der Waals surface area (Å²) < 4.78 is 15.6. The van der Waals surface area contributed by atoms with E-state index in [9.17, 15) is 14.0 Å². The van der Waals surface area contributed by atoms with Crippen LogP contribution in [-0.4, -0.2) is 68.0 Å². The first-order chi connectivity index (χ1) is 12.6. The average Bonchev–Trinajstić information content (AvgIpc) is 3.30. The van der Waals surface area contributed by atoms with Crippen LogP contribution in [0, 0.1) is 5.82 Å². The number of carbonyl (C=O) groups is 2. The molecule has 3 heterocycles. The highest BCUT2D eigenvalue weighted by Crippen LogP contribution is 2.27. The van der Waals surface area contributed by atoms with Crippen LogP contribution >= 0.6 is 11.3 Å². The van der Waals surface area contributed by atoms with Crippen LogP contribution in [0.15, 0.2) is 30.6 Å². The summed E-state index contributed by atoms with van der Waals surface area (Å²) in [6.07, 6.45) is 1.39. The number of hydrogen-bond acceptors (Lipinski definition) is 6. The molecule has 1 saturated heterocycles. The molecule has 1 aliphatic heterocycles. The van der Waals surface area contributed by atoms with Crippen molar-refractivity contribution in [2.75, 3.05) is 26.2 Å². The van der Waals surface area contributed by atoms with Crippen molar-refractivity contribution in [3.05, 3.63) is 41.3 Å². The zero-order valence-corrected chi connectivity index (χ0v) is 14.5. The van der Waals surface area contributed by atoms with Gasteiger partial charge in [-0.2, -0.15) is 0 Å². The number of benzene rings is 1. The Morgan fingerprint density at radius 1 is 1.12 bits per heavy atom. The van der Waals surface area contributed by atoms with Crippen LogP contribution in [0.3, 0.4) is 0 Å². The van der Waals surface area contributed by atoms with E-state index in [0.717, 1.165) is 10.1 Å². The smallest absolute Gasteiger partial charge is 0.264 e. The van der Waals surface area contributed by atoms with Crippen LogP contribution in [0.4, 0.5) is 4.39 Å². The van der Waals surface area contributed by atoms with Crippen molar-refractivity contribution in [1.82, 2.24) is 30.0 Å². The van der Waals surface area contributed by atoms with Crippen LogP contribution in [-0.2, 0) is 11.3 Å². The fourth-order valence-corrected chi connectivity index (χ4v) is 3.94. The molecule has 0 bridgehead atoms. The normalized spacial score (nSPS) is 14.8. The minimum Gasteiger partial charge on any atom is -0.338 e. The van der Waals surface area contributed by atoms with Gasteiger partial charge in [0.2, 0.25) is 5.91 Å². The van der Waals surface area contributed by atoms with Crippen molar-refractivity contribution in [2.45, 2.75) is 6.54 Å². The Bertz CT molecular complexity index is 949. The van der Waals surface area contributed by atoms with E-state index in [0.29, 0.717) is 31.1 Å². The van der Waals surface area contributed by atoms with Gasteiger partial charge >= 0.3 is 0 Å².